The Labute approximate surface area is 77.8 Å². The van der Waals surface area contributed by atoms with E-state index in [0.717, 1.165) is 19.4 Å². The molecule has 0 aliphatic rings. The van der Waals surface area contributed by atoms with E-state index in [1.54, 1.807) is 0 Å². The summed E-state index contributed by atoms with van der Waals surface area (Å²) in [6.45, 7) is 1.14. The fourth-order valence-electron chi connectivity index (χ4n) is 0.813. The maximum absolute atomic E-state index is 12.6. The Hall–Kier alpha value is -1.10. The third-order valence-corrected chi connectivity index (χ3v) is 1.54. The van der Waals surface area contributed by atoms with Crippen LogP contribution in [0.2, 0.25) is 0 Å². The van der Waals surface area contributed by atoms with Crippen LogP contribution in [0.3, 0.4) is 0 Å². The van der Waals surface area contributed by atoms with Gasteiger partial charge in [0.2, 0.25) is 0 Å². The van der Waals surface area contributed by atoms with Gasteiger partial charge in [-0.15, -0.1) is 0 Å². The summed E-state index contributed by atoms with van der Waals surface area (Å²) in [6, 6.07) is 0. The van der Waals surface area contributed by atoms with E-state index in [1.165, 1.54) is 0 Å². The lowest BCUT2D eigenvalue weighted by molar-refractivity contribution is 0.0846. The maximum atomic E-state index is 12.6. The maximum Gasteiger partial charge on any atom is 0.365 e. The zero-order valence-corrected chi connectivity index (χ0v) is 7.35. The molecule has 0 atom stereocenters. The SMILES string of the molecule is CC(=O)c1cncnc1C(F)(F)Cl. The molecule has 0 radical (unpaired) electrons. The van der Waals surface area contributed by atoms with Crippen molar-refractivity contribution in [2.45, 2.75) is 12.3 Å². The molecule has 0 N–H and O–H groups in total. The summed E-state index contributed by atoms with van der Waals surface area (Å²) in [4.78, 5) is 17.6. The number of alkyl halides is 3. The number of Topliss-reactive ketones (excluding diaryl/α,β-unsaturated/α-hetero) is 1. The summed E-state index contributed by atoms with van der Waals surface area (Å²) in [5.41, 5.74) is -1.01. The second-order valence-electron chi connectivity index (χ2n) is 2.34. The molecule has 0 unspecified atom stereocenters. The van der Waals surface area contributed by atoms with Crippen molar-refractivity contribution in [3.8, 4) is 0 Å². The van der Waals surface area contributed by atoms with Crippen molar-refractivity contribution < 1.29 is 13.6 Å². The average molecular weight is 207 g/mol. The third-order valence-electron chi connectivity index (χ3n) is 1.36. The molecule has 0 spiro atoms. The van der Waals surface area contributed by atoms with Crippen molar-refractivity contribution >= 4 is 17.4 Å². The first-order valence-electron chi connectivity index (χ1n) is 3.31. The predicted octanol–water partition coefficient (Wildman–Crippen LogP) is 1.97. The Morgan fingerprint density at radius 1 is 1.62 bits per heavy atom. The highest BCUT2D eigenvalue weighted by Crippen LogP contribution is 2.32. The van der Waals surface area contributed by atoms with Gasteiger partial charge < -0.3 is 0 Å². The Balaban J connectivity index is 3.28. The second kappa shape index (κ2) is 3.33. The van der Waals surface area contributed by atoms with E-state index in [-0.39, 0.29) is 5.56 Å². The Kier molecular flexibility index (Phi) is 2.56. The van der Waals surface area contributed by atoms with Crippen LogP contribution in [-0.4, -0.2) is 15.8 Å². The van der Waals surface area contributed by atoms with Gasteiger partial charge in [0.15, 0.2) is 5.78 Å². The lowest BCUT2D eigenvalue weighted by Gasteiger charge is -2.09. The molecule has 0 fully saturated rings. The van der Waals surface area contributed by atoms with Gasteiger partial charge in [-0.2, -0.15) is 8.78 Å². The normalized spacial score (nSPS) is 11.4. The van der Waals surface area contributed by atoms with Gasteiger partial charge in [-0.3, -0.25) is 4.79 Å². The molecule has 0 bridgehead atoms. The standard InChI is InChI=1S/C7H5ClF2N2O/c1-4(13)5-2-11-3-12-6(5)7(8,9)10/h2-3H,1H3. The highest BCUT2D eigenvalue weighted by atomic mass is 35.5. The molecule has 0 aliphatic heterocycles. The number of carbonyl (C=O) groups is 1. The largest absolute Gasteiger partial charge is 0.365 e. The van der Waals surface area contributed by atoms with Gasteiger partial charge in [0.1, 0.15) is 12.0 Å². The van der Waals surface area contributed by atoms with Crippen LogP contribution in [0.5, 0.6) is 0 Å². The molecular weight excluding hydrogens is 202 g/mol. The average Bonchev–Trinajstić information content (AvgIpc) is 2.03. The predicted molar refractivity (Wildman–Crippen MR) is 41.8 cm³/mol. The molecule has 1 aromatic rings. The smallest absolute Gasteiger partial charge is 0.294 e. The third kappa shape index (κ3) is 2.18. The highest BCUT2D eigenvalue weighted by molar-refractivity contribution is 6.22. The molecule has 0 aromatic carbocycles. The minimum absolute atomic E-state index is 0.262. The number of halogens is 3. The zero-order chi connectivity index (χ0) is 10.1. The van der Waals surface area contributed by atoms with E-state index in [0.29, 0.717) is 0 Å². The molecule has 13 heavy (non-hydrogen) atoms. The van der Waals surface area contributed by atoms with Gasteiger partial charge in [0.05, 0.1) is 5.56 Å². The lowest BCUT2D eigenvalue weighted by Crippen LogP contribution is -2.13. The van der Waals surface area contributed by atoms with Crippen molar-refractivity contribution in [3.05, 3.63) is 23.8 Å². The Morgan fingerprint density at radius 2 is 2.23 bits per heavy atom. The van der Waals surface area contributed by atoms with Crippen molar-refractivity contribution in [2.24, 2.45) is 0 Å². The van der Waals surface area contributed by atoms with Gasteiger partial charge in [-0.05, 0) is 18.5 Å². The van der Waals surface area contributed by atoms with Crippen LogP contribution in [-0.2, 0) is 5.38 Å². The monoisotopic (exact) mass is 206 g/mol. The number of hydrogen-bond donors (Lipinski definition) is 0. The molecule has 6 heteroatoms. The zero-order valence-electron chi connectivity index (χ0n) is 6.59. The van der Waals surface area contributed by atoms with Gasteiger partial charge >= 0.3 is 5.38 Å². The van der Waals surface area contributed by atoms with Crippen LogP contribution in [0.25, 0.3) is 0 Å². The summed E-state index contributed by atoms with van der Waals surface area (Å²) >= 11 is 4.73. The first kappa shape index (κ1) is 9.98. The number of ketones is 1. The first-order chi connectivity index (χ1) is 5.93. The molecule has 0 aliphatic carbocycles. The quantitative estimate of drug-likeness (QED) is 0.549. The fraction of sp³-hybridized carbons (Fsp3) is 0.286. The fourth-order valence-corrected chi connectivity index (χ4v) is 0.964. The van der Waals surface area contributed by atoms with Gasteiger partial charge in [0.25, 0.3) is 0 Å². The minimum atomic E-state index is -3.63. The van der Waals surface area contributed by atoms with E-state index >= 15 is 0 Å². The van der Waals surface area contributed by atoms with E-state index in [9.17, 15) is 13.6 Å². The minimum Gasteiger partial charge on any atom is -0.294 e. The summed E-state index contributed by atoms with van der Waals surface area (Å²) in [5, 5.41) is -3.63. The van der Waals surface area contributed by atoms with Crippen LogP contribution in [0, 0.1) is 0 Å². The van der Waals surface area contributed by atoms with Crippen molar-refractivity contribution in [3.63, 3.8) is 0 Å². The molecule has 1 rings (SSSR count). The van der Waals surface area contributed by atoms with E-state index in [2.05, 4.69) is 9.97 Å². The van der Waals surface area contributed by atoms with Gasteiger partial charge in [-0.1, -0.05) is 0 Å². The number of rotatable bonds is 2. The molecule has 1 aromatic heterocycles. The van der Waals surface area contributed by atoms with E-state index in [4.69, 9.17) is 11.6 Å². The second-order valence-corrected chi connectivity index (χ2v) is 2.81. The molecule has 70 valence electrons. The van der Waals surface area contributed by atoms with Crippen molar-refractivity contribution in [1.29, 1.82) is 0 Å². The lowest BCUT2D eigenvalue weighted by atomic mass is 10.2. The summed E-state index contributed by atoms with van der Waals surface area (Å²) in [7, 11) is 0. The van der Waals surface area contributed by atoms with Crippen LogP contribution < -0.4 is 0 Å². The first-order valence-corrected chi connectivity index (χ1v) is 3.69. The number of nitrogens with zero attached hydrogens (tertiary/aromatic N) is 2. The van der Waals surface area contributed by atoms with Crippen LogP contribution in [0.1, 0.15) is 23.0 Å². The molecule has 3 nitrogen and oxygen atoms in total. The summed E-state index contributed by atoms with van der Waals surface area (Å²) in [6.07, 6.45) is 1.93. The van der Waals surface area contributed by atoms with Crippen molar-refractivity contribution in [2.75, 3.05) is 0 Å². The van der Waals surface area contributed by atoms with E-state index < -0.39 is 16.9 Å². The van der Waals surface area contributed by atoms with Crippen LogP contribution >= 0.6 is 11.6 Å². The van der Waals surface area contributed by atoms with Crippen LogP contribution in [0.4, 0.5) is 8.78 Å². The topological polar surface area (TPSA) is 42.9 Å². The number of carbonyl (C=O) groups excluding carboxylic acids is 1. The number of hydrogen-bond acceptors (Lipinski definition) is 3. The molecular formula is C7H5ClF2N2O. The Bertz CT molecular complexity index is 338. The van der Waals surface area contributed by atoms with Gasteiger partial charge in [-0.25, -0.2) is 9.97 Å². The summed E-state index contributed by atoms with van der Waals surface area (Å²) < 4.78 is 25.2. The summed E-state index contributed by atoms with van der Waals surface area (Å²) in [5.74, 6) is -0.545. The molecule has 1 heterocycles. The Morgan fingerprint density at radius 3 is 2.62 bits per heavy atom. The highest BCUT2D eigenvalue weighted by Gasteiger charge is 2.33. The molecule has 0 amide bonds. The van der Waals surface area contributed by atoms with Gasteiger partial charge in [0, 0.05) is 6.20 Å². The van der Waals surface area contributed by atoms with Crippen molar-refractivity contribution in [1.82, 2.24) is 9.97 Å². The van der Waals surface area contributed by atoms with Crippen LogP contribution in [0.15, 0.2) is 12.5 Å². The number of aromatic nitrogens is 2. The molecule has 0 saturated carbocycles. The molecule has 0 saturated heterocycles. The van der Waals surface area contributed by atoms with E-state index in [1.807, 2.05) is 0 Å².